The van der Waals surface area contributed by atoms with Crippen LogP contribution in [0, 0.1) is 0 Å². The normalized spacial score (nSPS) is 12.1. The summed E-state index contributed by atoms with van der Waals surface area (Å²) in [6.45, 7) is 0. The Morgan fingerprint density at radius 3 is 2.83 bits per heavy atom. The number of benzene rings is 1. The van der Waals surface area contributed by atoms with Gasteiger partial charge in [0.1, 0.15) is 5.75 Å². The van der Waals surface area contributed by atoms with E-state index in [-0.39, 0.29) is 0 Å². The van der Waals surface area contributed by atoms with Crippen LogP contribution < -0.4 is 10.5 Å². The summed E-state index contributed by atoms with van der Waals surface area (Å²) in [4.78, 5) is 4.02. The third kappa shape index (κ3) is 2.60. The third-order valence-electron chi connectivity index (χ3n) is 2.83. The number of rotatable bonds is 4. The number of ether oxygens (including phenoxy) is 1. The Hall–Kier alpha value is -2.07. The van der Waals surface area contributed by atoms with Crippen LogP contribution >= 0.6 is 0 Å². The molecule has 4 nitrogen and oxygen atoms in total. The Morgan fingerprint density at radius 2 is 2.17 bits per heavy atom. The fourth-order valence-corrected chi connectivity index (χ4v) is 1.88. The average Bonchev–Trinajstić information content (AvgIpc) is 2.40. The van der Waals surface area contributed by atoms with Gasteiger partial charge in [0.15, 0.2) is 0 Å². The summed E-state index contributed by atoms with van der Waals surface area (Å²) >= 11 is 0. The molecular formula is C14H16N2O2. The van der Waals surface area contributed by atoms with Crippen molar-refractivity contribution in [3.8, 4) is 5.75 Å². The van der Waals surface area contributed by atoms with Crippen LogP contribution in [0.25, 0.3) is 0 Å². The number of methoxy groups -OCH3 is 1. The van der Waals surface area contributed by atoms with Gasteiger partial charge >= 0.3 is 0 Å². The van der Waals surface area contributed by atoms with Crippen molar-refractivity contribution in [2.75, 3.05) is 12.8 Å². The maximum absolute atomic E-state index is 10.2. The first kappa shape index (κ1) is 12.4. The Labute approximate surface area is 106 Å². The summed E-state index contributed by atoms with van der Waals surface area (Å²) < 4.78 is 5.14. The van der Waals surface area contributed by atoms with E-state index in [1.54, 1.807) is 31.6 Å². The molecule has 1 aromatic heterocycles. The number of aliphatic hydroxyl groups is 1. The molecule has 1 atom stereocenters. The quantitative estimate of drug-likeness (QED) is 0.807. The van der Waals surface area contributed by atoms with Gasteiger partial charge in [0, 0.05) is 24.4 Å². The zero-order chi connectivity index (χ0) is 13.0. The van der Waals surface area contributed by atoms with Crippen molar-refractivity contribution in [3.05, 3.63) is 53.9 Å². The van der Waals surface area contributed by atoms with E-state index in [2.05, 4.69) is 4.98 Å². The second-order valence-electron chi connectivity index (χ2n) is 4.04. The van der Waals surface area contributed by atoms with Crippen LogP contribution in [0.15, 0.2) is 42.7 Å². The summed E-state index contributed by atoms with van der Waals surface area (Å²) in [5.41, 5.74) is 8.07. The molecule has 1 aromatic carbocycles. The molecule has 4 heteroatoms. The van der Waals surface area contributed by atoms with E-state index in [1.165, 1.54) is 0 Å². The van der Waals surface area contributed by atoms with E-state index in [1.807, 2.05) is 18.2 Å². The molecule has 0 spiro atoms. The molecule has 1 heterocycles. The molecule has 1 unspecified atom stereocenters. The van der Waals surface area contributed by atoms with Crippen molar-refractivity contribution in [3.63, 3.8) is 0 Å². The molecule has 3 N–H and O–H groups in total. The maximum Gasteiger partial charge on any atom is 0.142 e. The number of aromatic nitrogens is 1. The van der Waals surface area contributed by atoms with Gasteiger partial charge in [-0.1, -0.05) is 18.2 Å². The van der Waals surface area contributed by atoms with Gasteiger partial charge in [-0.15, -0.1) is 0 Å². The highest BCUT2D eigenvalue weighted by Crippen LogP contribution is 2.30. The summed E-state index contributed by atoms with van der Waals surface area (Å²) in [5.74, 6) is 0.581. The molecule has 0 aliphatic heterocycles. The number of nitrogens with two attached hydrogens (primary N) is 1. The first-order valence-corrected chi connectivity index (χ1v) is 5.71. The Morgan fingerprint density at radius 1 is 1.33 bits per heavy atom. The van der Waals surface area contributed by atoms with Crippen LogP contribution in [0.4, 0.5) is 5.69 Å². The van der Waals surface area contributed by atoms with Crippen LogP contribution in [-0.4, -0.2) is 17.2 Å². The van der Waals surface area contributed by atoms with E-state index in [0.29, 0.717) is 23.4 Å². The van der Waals surface area contributed by atoms with E-state index in [9.17, 15) is 5.11 Å². The highest BCUT2D eigenvalue weighted by atomic mass is 16.5. The van der Waals surface area contributed by atoms with E-state index in [4.69, 9.17) is 10.5 Å². The standard InChI is InChI=1S/C14H16N2O2/c1-18-13-6-2-5-11(14(13)15)12(17)8-10-4-3-7-16-9-10/h2-7,9,12,17H,8,15H2,1H3. The number of hydrogen-bond acceptors (Lipinski definition) is 4. The van der Waals surface area contributed by atoms with Gasteiger partial charge in [-0.25, -0.2) is 0 Å². The SMILES string of the molecule is COc1cccc(C(O)Cc2cccnc2)c1N. The molecule has 0 saturated carbocycles. The minimum absolute atomic E-state index is 0.477. The Kier molecular flexibility index (Phi) is 3.79. The molecule has 0 aliphatic rings. The molecule has 0 saturated heterocycles. The topological polar surface area (TPSA) is 68.4 Å². The average molecular weight is 244 g/mol. The second-order valence-corrected chi connectivity index (χ2v) is 4.04. The molecule has 0 amide bonds. The number of nitrogen functional groups attached to an aromatic ring is 1. The lowest BCUT2D eigenvalue weighted by atomic mass is 10.0. The van der Waals surface area contributed by atoms with E-state index < -0.39 is 6.10 Å². The molecular weight excluding hydrogens is 228 g/mol. The van der Waals surface area contributed by atoms with Gasteiger partial charge in [-0.3, -0.25) is 4.98 Å². The first-order valence-electron chi connectivity index (χ1n) is 5.71. The zero-order valence-electron chi connectivity index (χ0n) is 10.2. The van der Waals surface area contributed by atoms with E-state index >= 15 is 0 Å². The summed E-state index contributed by atoms with van der Waals surface area (Å²) in [7, 11) is 1.56. The predicted molar refractivity (Wildman–Crippen MR) is 70.3 cm³/mol. The Balaban J connectivity index is 2.21. The lowest BCUT2D eigenvalue weighted by Gasteiger charge is -2.15. The van der Waals surface area contributed by atoms with Crippen LogP contribution in [0.3, 0.4) is 0 Å². The van der Waals surface area contributed by atoms with Crippen LogP contribution in [0.5, 0.6) is 5.75 Å². The molecule has 94 valence electrons. The largest absolute Gasteiger partial charge is 0.495 e. The minimum atomic E-state index is -0.663. The lowest BCUT2D eigenvalue weighted by molar-refractivity contribution is 0.179. The minimum Gasteiger partial charge on any atom is -0.495 e. The van der Waals surface area contributed by atoms with E-state index in [0.717, 1.165) is 5.56 Å². The van der Waals surface area contributed by atoms with Gasteiger partial charge < -0.3 is 15.6 Å². The second kappa shape index (κ2) is 5.51. The molecule has 2 aromatic rings. The smallest absolute Gasteiger partial charge is 0.142 e. The first-order chi connectivity index (χ1) is 8.72. The summed E-state index contributed by atoms with van der Waals surface area (Å²) in [6, 6.07) is 9.16. The molecule has 0 aliphatic carbocycles. The fraction of sp³-hybridized carbons (Fsp3) is 0.214. The monoisotopic (exact) mass is 244 g/mol. The third-order valence-corrected chi connectivity index (χ3v) is 2.83. The number of hydrogen-bond donors (Lipinski definition) is 2. The molecule has 0 bridgehead atoms. The number of nitrogens with zero attached hydrogens (tertiary/aromatic N) is 1. The number of pyridine rings is 1. The van der Waals surface area contributed by atoms with Crippen LogP contribution in [0.2, 0.25) is 0 Å². The van der Waals surface area contributed by atoms with Gasteiger partial charge in [-0.2, -0.15) is 0 Å². The maximum atomic E-state index is 10.2. The molecule has 0 fully saturated rings. The highest BCUT2D eigenvalue weighted by molar-refractivity contribution is 5.59. The van der Waals surface area contributed by atoms with Gasteiger partial charge in [0.2, 0.25) is 0 Å². The molecule has 18 heavy (non-hydrogen) atoms. The Bertz CT molecular complexity index is 514. The lowest BCUT2D eigenvalue weighted by Crippen LogP contribution is -2.06. The summed E-state index contributed by atoms with van der Waals surface area (Å²) in [5, 5.41) is 10.2. The van der Waals surface area contributed by atoms with Crippen molar-refractivity contribution in [2.24, 2.45) is 0 Å². The molecule has 0 radical (unpaired) electrons. The van der Waals surface area contributed by atoms with Crippen molar-refractivity contribution in [2.45, 2.75) is 12.5 Å². The number of anilines is 1. The van der Waals surface area contributed by atoms with Crippen LogP contribution in [0.1, 0.15) is 17.2 Å². The van der Waals surface area contributed by atoms with Crippen LogP contribution in [-0.2, 0) is 6.42 Å². The fourth-order valence-electron chi connectivity index (χ4n) is 1.88. The summed E-state index contributed by atoms with van der Waals surface area (Å²) in [6.07, 6.45) is 3.25. The van der Waals surface area contributed by atoms with Crippen molar-refractivity contribution in [1.82, 2.24) is 4.98 Å². The van der Waals surface area contributed by atoms with Gasteiger partial charge in [0.05, 0.1) is 18.9 Å². The van der Waals surface area contributed by atoms with Gasteiger partial charge in [0.25, 0.3) is 0 Å². The zero-order valence-corrected chi connectivity index (χ0v) is 10.2. The highest BCUT2D eigenvalue weighted by Gasteiger charge is 2.14. The predicted octanol–water partition coefficient (Wildman–Crippen LogP) is 1.95. The van der Waals surface area contributed by atoms with Crippen molar-refractivity contribution in [1.29, 1.82) is 0 Å². The van der Waals surface area contributed by atoms with Crippen molar-refractivity contribution < 1.29 is 9.84 Å². The van der Waals surface area contributed by atoms with Crippen molar-refractivity contribution >= 4 is 5.69 Å². The number of aliphatic hydroxyl groups excluding tert-OH is 1. The molecule has 2 rings (SSSR count). The van der Waals surface area contributed by atoms with Gasteiger partial charge in [-0.05, 0) is 17.7 Å². The number of para-hydroxylation sites is 1.